The van der Waals surface area contributed by atoms with Crippen LogP contribution in [0.1, 0.15) is 44.9 Å². The molecule has 0 spiro atoms. The summed E-state index contributed by atoms with van der Waals surface area (Å²) in [4.78, 5) is 8.89. The number of aromatic nitrogens is 1. The maximum absolute atomic E-state index is 4.50. The normalized spacial score (nSPS) is 13.7. The standard InChI is InChI=1S/C13H20N2/c1-6-14-12-7-10(4)8-15-13(12)11(5)9(2)3/h6-9,11H,1-5H3/t11-/m0/s1. The van der Waals surface area contributed by atoms with Gasteiger partial charge in [-0.3, -0.25) is 9.98 Å². The fraction of sp³-hybridized carbons (Fsp3) is 0.538. The molecule has 1 aromatic heterocycles. The van der Waals surface area contributed by atoms with E-state index in [0.717, 1.165) is 16.9 Å². The van der Waals surface area contributed by atoms with Crippen molar-refractivity contribution in [3.63, 3.8) is 0 Å². The van der Waals surface area contributed by atoms with Crippen molar-refractivity contribution in [3.8, 4) is 0 Å². The quantitative estimate of drug-likeness (QED) is 0.686. The lowest BCUT2D eigenvalue weighted by Crippen LogP contribution is -2.05. The molecule has 0 fully saturated rings. The Morgan fingerprint density at radius 2 is 2.00 bits per heavy atom. The molecule has 0 saturated carbocycles. The van der Waals surface area contributed by atoms with Crippen LogP contribution in [0.3, 0.4) is 0 Å². The van der Waals surface area contributed by atoms with Gasteiger partial charge in [0.2, 0.25) is 0 Å². The summed E-state index contributed by atoms with van der Waals surface area (Å²) in [5.74, 6) is 1.04. The third-order valence-electron chi connectivity index (χ3n) is 2.73. The van der Waals surface area contributed by atoms with Crippen LogP contribution < -0.4 is 0 Å². The van der Waals surface area contributed by atoms with Crippen molar-refractivity contribution in [2.45, 2.75) is 40.5 Å². The lowest BCUT2D eigenvalue weighted by atomic mass is 9.93. The summed E-state index contributed by atoms with van der Waals surface area (Å²) < 4.78 is 0. The van der Waals surface area contributed by atoms with Crippen molar-refractivity contribution in [2.75, 3.05) is 0 Å². The summed E-state index contributed by atoms with van der Waals surface area (Å²) in [7, 11) is 0. The van der Waals surface area contributed by atoms with Crippen LogP contribution >= 0.6 is 0 Å². The third-order valence-corrected chi connectivity index (χ3v) is 2.73. The van der Waals surface area contributed by atoms with Gasteiger partial charge >= 0.3 is 0 Å². The summed E-state index contributed by atoms with van der Waals surface area (Å²) in [5.41, 5.74) is 3.28. The number of aliphatic imine (C=N–C) groups is 1. The molecule has 0 radical (unpaired) electrons. The van der Waals surface area contributed by atoms with E-state index >= 15 is 0 Å². The number of pyridine rings is 1. The molecular weight excluding hydrogens is 184 g/mol. The largest absolute Gasteiger partial charge is 0.260 e. The van der Waals surface area contributed by atoms with Gasteiger partial charge in [0.05, 0.1) is 11.4 Å². The molecule has 0 aliphatic heterocycles. The van der Waals surface area contributed by atoms with Crippen LogP contribution in [-0.4, -0.2) is 11.2 Å². The van der Waals surface area contributed by atoms with Crippen LogP contribution in [0.15, 0.2) is 17.3 Å². The first-order valence-corrected chi connectivity index (χ1v) is 5.51. The Balaban J connectivity index is 3.16. The minimum atomic E-state index is 0.448. The molecule has 2 nitrogen and oxygen atoms in total. The number of aryl methyl sites for hydroxylation is 1. The molecular formula is C13H20N2. The smallest absolute Gasteiger partial charge is 0.0846 e. The van der Waals surface area contributed by atoms with Crippen LogP contribution in [0.5, 0.6) is 0 Å². The average Bonchev–Trinajstić information content (AvgIpc) is 2.17. The van der Waals surface area contributed by atoms with Gasteiger partial charge in [0.1, 0.15) is 0 Å². The molecule has 0 N–H and O–H groups in total. The molecule has 1 heterocycles. The number of rotatable bonds is 3. The Bertz CT molecular complexity index is 354. The Morgan fingerprint density at radius 1 is 1.33 bits per heavy atom. The molecule has 0 unspecified atom stereocenters. The summed E-state index contributed by atoms with van der Waals surface area (Å²) in [5, 5.41) is 0. The Hall–Kier alpha value is -1.18. The van der Waals surface area contributed by atoms with Crippen molar-refractivity contribution >= 4 is 11.9 Å². The summed E-state index contributed by atoms with van der Waals surface area (Å²) in [6, 6.07) is 2.10. The van der Waals surface area contributed by atoms with Crippen LogP contribution in [0, 0.1) is 12.8 Å². The first kappa shape index (κ1) is 11.9. The lowest BCUT2D eigenvalue weighted by Gasteiger charge is -2.17. The minimum absolute atomic E-state index is 0.448. The van der Waals surface area contributed by atoms with Gasteiger partial charge in [0, 0.05) is 18.3 Å². The zero-order valence-electron chi connectivity index (χ0n) is 10.3. The molecule has 0 aromatic carbocycles. The Labute approximate surface area is 92.5 Å². The SMILES string of the molecule is CC=Nc1cc(C)cnc1[C@@H](C)C(C)C. The Morgan fingerprint density at radius 3 is 2.53 bits per heavy atom. The van der Waals surface area contributed by atoms with Gasteiger partial charge in [-0.25, -0.2) is 0 Å². The van der Waals surface area contributed by atoms with Crippen molar-refractivity contribution in [3.05, 3.63) is 23.5 Å². The zero-order chi connectivity index (χ0) is 11.4. The first-order chi connectivity index (χ1) is 7.06. The molecule has 1 aromatic rings. The number of hydrogen-bond acceptors (Lipinski definition) is 2. The van der Waals surface area contributed by atoms with Crippen LogP contribution in [0.2, 0.25) is 0 Å². The van der Waals surface area contributed by atoms with Gasteiger partial charge in [-0.15, -0.1) is 0 Å². The molecule has 1 atom stereocenters. The highest BCUT2D eigenvalue weighted by Crippen LogP contribution is 2.30. The molecule has 2 heteroatoms. The van der Waals surface area contributed by atoms with Crippen molar-refractivity contribution < 1.29 is 0 Å². The summed E-state index contributed by atoms with van der Waals surface area (Å²) in [6.45, 7) is 10.6. The van der Waals surface area contributed by atoms with E-state index in [1.54, 1.807) is 0 Å². The fourth-order valence-electron chi connectivity index (χ4n) is 1.47. The van der Waals surface area contributed by atoms with E-state index < -0.39 is 0 Å². The molecule has 0 saturated heterocycles. The van der Waals surface area contributed by atoms with Gasteiger partial charge in [-0.05, 0) is 31.4 Å². The maximum atomic E-state index is 4.50. The Kier molecular flexibility index (Phi) is 4.01. The highest BCUT2D eigenvalue weighted by Gasteiger charge is 2.15. The van der Waals surface area contributed by atoms with E-state index in [-0.39, 0.29) is 0 Å². The predicted octanol–water partition coefficient (Wildman–Crippen LogP) is 3.87. The second-order valence-corrected chi connectivity index (χ2v) is 4.34. The van der Waals surface area contributed by atoms with Crippen LogP contribution in [0.4, 0.5) is 5.69 Å². The second kappa shape index (κ2) is 5.06. The van der Waals surface area contributed by atoms with E-state index in [1.165, 1.54) is 0 Å². The minimum Gasteiger partial charge on any atom is -0.260 e. The highest BCUT2D eigenvalue weighted by molar-refractivity contribution is 5.62. The monoisotopic (exact) mass is 204 g/mol. The van der Waals surface area contributed by atoms with E-state index in [9.17, 15) is 0 Å². The van der Waals surface area contributed by atoms with E-state index in [4.69, 9.17) is 0 Å². The maximum Gasteiger partial charge on any atom is 0.0846 e. The molecule has 15 heavy (non-hydrogen) atoms. The predicted molar refractivity (Wildman–Crippen MR) is 66.1 cm³/mol. The van der Waals surface area contributed by atoms with Gasteiger partial charge in [-0.2, -0.15) is 0 Å². The topological polar surface area (TPSA) is 25.2 Å². The van der Waals surface area contributed by atoms with Gasteiger partial charge in [0.15, 0.2) is 0 Å². The average molecular weight is 204 g/mol. The molecule has 0 aliphatic carbocycles. The third kappa shape index (κ3) is 2.88. The van der Waals surface area contributed by atoms with E-state index in [0.29, 0.717) is 11.8 Å². The molecule has 1 rings (SSSR count). The van der Waals surface area contributed by atoms with Crippen molar-refractivity contribution in [1.29, 1.82) is 0 Å². The van der Waals surface area contributed by atoms with Gasteiger partial charge in [0.25, 0.3) is 0 Å². The fourth-order valence-corrected chi connectivity index (χ4v) is 1.47. The molecule has 0 amide bonds. The summed E-state index contributed by atoms with van der Waals surface area (Å²) in [6.07, 6.45) is 3.75. The highest BCUT2D eigenvalue weighted by atomic mass is 14.8. The lowest BCUT2D eigenvalue weighted by molar-refractivity contribution is 0.524. The molecule has 0 aliphatic rings. The number of hydrogen-bond donors (Lipinski definition) is 0. The van der Waals surface area contributed by atoms with Crippen molar-refractivity contribution in [2.24, 2.45) is 10.9 Å². The molecule has 82 valence electrons. The summed E-state index contributed by atoms with van der Waals surface area (Å²) >= 11 is 0. The molecule has 0 bridgehead atoms. The number of nitrogens with zero attached hydrogens (tertiary/aromatic N) is 2. The van der Waals surface area contributed by atoms with Gasteiger partial charge in [-0.1, -0.05) is 20.8 Å². The van der Waals surface area contributed by atoms with Gasteiger partial charge < -0.3 is 0 Å². The second-order valence-electron chi connectivity index (χ2n) is 4.34. The van der Waals surface area contributed by atoms with E-state index in [1.807, 2.05) is 26.3 Å². The van der Waals surface area contributed by atoms with Crippen LogP contribution in [0.25, 0.3) is 0 Å². The zero-order valence-corrected chi connectivity index (χ0v) is 10.3. The van der Waals surface area contributed by atoms with Crippen molar-refractivity contribution in [1.82, 2.24) is 4.98 Å². The van der Waals surface area contributed by atoms with Crippen LogP contribution in [-0.2, 0) is 0 Å². The first-order valence-electron chi connectivity index (χ1n) is 5.51. The van der Waals surface area contributed by atoms with E-state index in [2.05, 4.69) is 36.8 Å².